The second kappa shape index (κ2) is 6.79. The highest BCUT2D eigenvalue weighted by atomic mass is 15.2. The van der Waals surface area contributed by atoms with E-state index in [0.717, 1.165) is 18.0 Å². The molecular formula is C18H36N2. The van der Waals surface area contributed by atoms with Crippen molar-refractivity contribution in [2.45, 2.75) is 90.6 Å². The third-order valence-corrected chi connectivity index (χ3v) is 5.53. The third kappa shape index (κ3) is 4.46. The molecule has 1 aliphatic heterocycles. The van der Waals surface area contributed by atoms with Gasteiger partial charge in [-0.25, -0.2) is 0 Å². The predicted molar refractivity (Wildman–Crippen MR) is 88.2 cm³/mol. The fourth-order valence-electron chi connectivity index (χ4n) is 4.16. The summed E-state index contributed by atoms with van der Waals surface area (Å²) in [5, 5.41) is 3.72. The third-order valence-electron chi connectivity index (χ3n) is 5.53. The van der Waals surface area contributed by atoms with Crippen LogP contribution in [0.4, 0.5) is 0 Å². The van der Waals surface area contributed by atoms with Crippen molar-refractivity contribution < 1.29 is 0 Å². The molecule has 2 fully saturated rings. The molecule has 2 heteroatoms. The van der Waals surface area contributed by atoms with Crippen molar-refractivity contribution in [2.24, 2.45) is 5.41 Å². The Morgan fingerprint density at radius 1 is 1.05 bits per heavy atom. The van der Waals surface area contributed by atoms with Crippen molar-refractivity contribution in [3.8, 4) is 0 Å². The summed E-state index contributed by atoms with van der Waals surface area (Å²) < 4.78 is 0. The molecule has 1 aliphatic carbocycles. The van der Waals surface area contributed by atoms with Gasteiger partial charge in [-0.3, -0.25) is 4.90 Å². The molecule has 1 saturated carbocycles. The van der Waals surface area contributed by atoms with E-state index in [4.69, 9.17) is 0 Å². The number of nitrogens with one attached hydrogen (secondary N) is 1. The minimum Gasteiger partial charge on any atom is -0.311 e. The van der Waals surface area contributed by atoms with Crippen molar-refractivity contribution in [3.05, 3.63) is 0 Å². The van der Waals surface area contributed by atoms with Crippen LogP contribution in [0.15, 0.2) is 0 Å². The topological polar surface area (TPSA) is 15.3 Å². The molecule has 2 nitrogen and oxygen atoms in total. The van der Waals surface area contributed by atoms with Crippen LogP contribution in [-0.2, 0) is 0 Å². The van der Waals surface area contributed by atoms with Crippen LogP contribution in [-0.4, -0.2) is 36.1 Å². The van der Waals surface area contributed by atoms with Gasteiger partial charge < -0.3 is 5.32 Å². The maximum Gasteiger partial charge on any atom is 0.0220 e. The number of likely N-dealkylation sites (tertiary alicyclic amines) is 1. The molecular weight excluding hydrogens is 244 g/mol. The van der Waals surface area contributed by atoms with Crippen molar-refractivity contribution in [1.29, 1.82) is 0 Å². The van der Waals surface area contributed by atoms with Gasteiger partial charge in [0, 0.05) is 18.1 Å². The highest BCUT2D eigenvalue weighted by Gasteiger charge is 2.38. The zero-order valence-corrected chi connectivity index (χ0v) is 14.3. The van der Waals surface area contributed by atoms with Crippen LogP contribution < -0.4 is 5.32 Å². The fourth-order valence-corrected chi connectivity index (χ4v) is 4.16. The Balaban J connectivity index is 1.84. The summed E-state index contributed by atoms with van der Waals surface area (Å²) in [6.45, 7) is 13.0. The molecule has 1 spiro atoms. The summed E-state index contributed by atoms with van der Waals surface area (Å²) in [6, 6.07) is 0.748. The standard InChI is InChI=1S/C18H36N2/c1-5-8-16(15-19-17(2,3)4)20-13-11-18(12-14-20)9-6-7-10-18/h16,19H,5-15H2,1-4H3. The molecule has 1 N–H and O–H groups in total. The number of piperidine rings is 1. The molecule has 0 bridgehead atoms. The van der Waals surface area contributed by atoms with Gasteiger partial charge in [0.25, 0.3) is 0 Å². The van der Waals surface area contributed by atoms with Gasteiger partial charge >= 0.3 is 0 Å². The van der Waals surface area contributed by atoms with Crippen LogP contribution in [0, 0.1) is 5.41 Å². The van der Waals surface area contributed by atoms with E-state index in [2.05, 4.69) is 37.9 Å². The molecule has 2 aliphatic rings. The van der Waals surface area contributed by atoms with Crippen LogP contribution in [0.5, 0.6) is 0 Å². The van der Waals surface area contributed by atoms with Gasteiger partial charge in [0.05, 0.1) is 0 Å². The smallest absolute Gasteiger partial charge is 0.0220 e. The average molecular weight is 280 g/mol. The van der Waals surface area contributed by atoms with E-state index in [1.165, 1.54) is 64.5 Å². The maximum atomic E-state index is 3.72. The largest absolute Gasteiger partial charge is 0.311 e. The molecule has 2 rings (SSSR count). The van der Waals surface area contributed by atoms with Gasteiger partial charge in [-0.15, -0.1) is 0 Å². The van der Waals surface area contributed by atoms with Crippen molar-refractivity contribution >= 4 is 0 Å². The lowest BCUT2D eigenvalue weighted by molar-refractivity contribution is 0.0694. The van der Waals surface area contributed by atoms with E-state index in [0.29, 0.717) is 0 Å². The molecule has 1 heterocycles. The Labute approximate surface area is 126 Å². The molecule has 0 aromatic rings. The number of nitrogens with zero attached hydrogens (tertiary/aromatic N) is 1. The van der Waals surface area contributed by atoms with Gasteiger partial charge in [-0.2, -0.15) is 0 Å². The van der Waals surface area contributed by atoms with Crippen LogP contribution in [0.3, 0.4) is 0 Å². The molecule has 118 valence electrons. The molecule has 20 heavy (non-hydrogen) atoms. The molecule has 0 amide bonds. The molecule has 0 aromatic carbocycles. The average Bonchev–Trinajstić information content (AvgIpc) is 2.83. The van der Waals surface area contributed by atoms with Gasteiger partial charge in [-0.05, 0) is 71.4 Å². The maximum absolute atomic E-state index is 3.72. The Hall–Kier alpha value is -0.0800. The lowest BCUT2D eigenvalue weighted by Crippen LogP contribution is -2.51. The zero-order chi connectivity index (χ0) is 14.6. The van der Waals surface area contributed by atoms with Crippen LogP contribution in [0.2, 0.25) is 0 Å². The zero-order valence-electron chi connectivity index (χ0n) is 14.3. The number of rotatable bonds is 5. The van der Waals surface area contributed by atoms with E-state index >= 15 is 0 Å². The Morgan fingerprint density at radius 3 is 2.15 bits per heavy atom. The lowest BCUT2D eigenvalue weighted by atomic mass is 9.76. The van der Waals surface area contributed by atoms with Crippen molar-refractivity contribution in [2.75, 3.05) is 19.6 Å². The summed E-state index contributed by atoms with van der Waals surface area (Å²) in [4.78, 5) is 2.78. The van der Waals surface area contributed by atoms with Gasteiger partial charge in [0.15, 0.2) is 0 Å². The normalized spacial score (nSPS) is 25.2. The Bertz CT molecular complexity index is 276. The highest BCUT2D eigenvalue weighted by molar-refractivity contribution is 4.92. The van der Waals surface area contributed by atoms with Gasteiger partial charge in [0.1, 0.15) is 0 Å². The summed E-state index contributed by atoms with van der Waals surface area (Å²) in [5.41, 5.74) is 0.999. The monoisotopic (exact) mass is 280 g/mol. The molecule has 1 atom stereocenters. The van der Waals surface area contributed by atoms with Crippen LogP contribution in [0.25, 0.3) is 0 Å². The second-order valence-corrected chi connectivity index (χ2v) is 8.32. The SMILES string of the molecule is CCCC(CNC(C)(C)C)N1CCC2(CCCC2)CC1. The summed E-state index contributed by atoms with van der Waals surface area (Å²) in [7, 11) is 0. The predicted octanol–water partition coefficient (Wildman–Crippen LogP) is 4.20. The molecule has 0 radical (unpaired) electrons. The minimum absolute atomic E-state index is 0.244. The molecule has 1 unspecified atom stereocenters. The van der Waals surface area contributed by atoms with E-state index < -0.39 is 0 Å². The molecule has 0 aromatic heterocycles. The lowest BCUT2D eigenvalue weighted by Gasteiger charge is -2.43. The number of hydrogen-bond acceptors (Lipinski definition) is 2. The molecule has 1 saturated heterocycles. The van der Waals surface area contributed by atoms with Crippen molar-refractivity contribution in [1.82, 2.24) is 10.2 Å². The van der Waals surface area contributed by atoms with Gasteiger partial charge in [0.2, 0.25) is 0 Å². The summed E-state index contributed by atoms with van der Waals surface area (Å²) >= 11 is 0. The van der Waals surface area contributed by atoms with E-state index in [1.807, 2.05) is 0 Å². The van der Waals surface area contributed by atoms with E-state index in [1.54, 1.807) is 0 Å². The first-order valence-electron chi connectivity index (χ1n) is 8.93. The fraction of sp³-hybridized carbons (Fsp3) is 1.00. The Kier molecular flexibility index (Phi) is 5.53. The van der Waals surface area contributed by atoms with Gasteiger partial charge in [-0.1, -0.05) is 26.2 Å². The van der Waals surface area contributed by atoms with Crippen LogP contribution >= 0.6 is 0 Å². The highest BCUT2D eigenvalue weighted by Crippen LogP contribution is 2.46. The Morgan fingerprint density at radius 2 is 1.65 bits per heavy atom. The summed E-state index contributed by atoms with van der Waals surface area (Å²) in [5.74, 6) is 0. The minimum atomic E-state index is 0.244. The first-order valence-corrected chi connectivity index (χ1v) is 8.93. The van der Waals surface area contributed by atoms with Crippen LogP contribution in [0.1, 0.15) is 79.1 Å². The van der Waals surface area contributed by atoms with E-state index in [-0.39, 0.29) is 5.54 Å². The number of hydrogen-bond donors (Lipinski definition) is 1. The second-order valence-electron chi connectivity index (χ2n) is 8.32. The first-order chi connectivity index (χ1) is 9.44. The van der Waals surface area contributed by atoms with Crippen molar-refractivity contribution in [3.63, 3.8) is 0 Å². The quantitative estimate of drug-likeness (QED) is 0.812. The summed E-state index contributed by atoms with van der Waals surface area (Å²) in [6.07, 6.45) is 11.6. The van der Waals surface area contributed by atoms with E-state index in [9.17, 15) is 0 Å². The first kappa shape index (κ1) is 16.3.